The van der Waals surface area contributed by atoms with Gasteiger partial charge in [-0.15, -0.1) is 0 Å². The standard InChI is InChI=1S/C9H12BrN3O/c1-9(3-4-9)13-8-11-5-6(10)7(12-8)14-2/h5H,3-4H2,1-2H3,(H,11,12,13). The summed E-state index contributed by atoms with van der Waals surface area (Å²) in [5.41, 5.74) is 0.193. The van der Waals surface area contributed by atoms with Gasteiger partial charge in [0.05, 0.1) is 17.8 Å². The number of halogens is 1. The van der Waals surface area contributed by atoms with Crippen molar-refractivity contribution in [3.05, 3.63) is 10.7 Å². The minimum atomic E-state index is 0.193. The lowest BCUT2D eigenvalue weighted by Gasteiger charge is -2.11. The zero-order valence-electron chi connectivity index (χ0n) is 8.17. The number of rotatable bonds is 3. The molecule has 14 heavy (non-hydrogen) atoms. The van der Waals surface area contributed by atoms with Gasteiger partial charge >= 0.3 is 0 Å². The first kappa shape index (κ1) is 9.71. The number of hydrogen-bond donors (Lipinski definition) is 1. The molecule has 1 fully saturated rings. The predicted octanol–water partition coefficient (Wildman–Crippen LogP) is 2.21. The molecule has 2 rings (SSSR count). The fourth-order valence-corrected chi connectivity index (χ4v) is 1.49. The first-order valence-corrected chi connectivity index (χ1v) is 5.27. The van der Waals surface area contributed by atoms with Gasteiger partial charge in [0.2, 0.25) is 11.8 Å². The molecular formula is C9H12BrN3O. The highest BCUT2D eigenvalue weighted by Gasteiger charge is 2.37. The van der Waals surface area contributed by atoms with E-state index in [4.69, 9.17) is 4.74 Å². The quantitative estimate of drug-likeness (QED) is 0.902. The molecule has 0 saturated heterocycles. The van der Waals surface area contributed by atoms with E-state index >= 15 is 0 Å². The van der Waals surface area contributed by atoms with Crippen LogP contribution < -0.4 is 10.1 Å². The molecule has 0 bridgehead atoms. The largest absolute Gasteiger partial charge is 0.480 e. The average molecular weight is 258 g/mol. The molecule has 1 aliphatic carbocycles. The second kappa shape index (κ2) is 3.38. The highest BCUT2D eigenvalue weighted by atomic mass is 79.9. The van der Waals surface area contributed by atoms with Crippen molar-refractivity contribution in [2.45, 2.75) is 25.3 Å². The third-order valence-corrected chi connectivity index (χ3v) is 2.86. The summed E-state index contributed by atoms with van der Waals surface area (Å²) in [7, 11) is 1.59. The SMILES string of the molecule is COc1nc(NC2(C)CC2)ncc1Br. The Morgan fingerprint density at radius 2 is 2.29 bits per heavy atom. The van der Waals surface area contributed by atoms with Crippen LogP contribution in [-0.4, -0.2) is 22.6 Å². The fourth-order valence-electron chi connectivity index (χ4n) is 1.14. The lowest BCUT2D eigenvalue weighted by Crippen LogP contribution is -2.18. The molecule has 0 amide bonds. The van der Waals surface area contributed by atoms with Gasteiger partial charge in [0.15, 0.2) is 0 Å². The van der Waals surface area contributed by atoms with Gasteiger partial charge in [-0.25, -0.2) is 4.98 Å². The van der Waals surface area contributed by atoms with Crippen LogP contribution in [-0.2, 0) is 0 Å². The number of nitrogens with zero attached hydrogens (tertiary/aromatic N) is 2. The molecule has 0 aromatic carbocycles. The zero-order valence-corrected chi connectivity index (χ0v) is 9.76. The Bertz CT molecular complexity index is 352. The summed E-state index contributed by atoms with van der Waals surface area (Å²) < 4.78 is 5.85. The van der Waals surface area contributed by atoms with Crippen LogP contribution in [0, 0.1) is 0 Å². The first-order chi connectivity index (χ1) is 6.63. The van der Waals surface area contributed by atoms with Crippen molar-refractivity contribution in [2.24, 2.45) is 0 Å². The van der Waals surface area contributed by atoms with Crippen molar-refractivity contribution >= 4 is 21.9 Å². The Balaban J connectivity index is 2.18. The number of methoxy groups -OCH3 is 1. The summed E-state index contributed by atoms with van der Waals surface area (Å²) in [6.45, 7) is 2.16. The van der Waals surface area contributed by atoms with Gasteiger partial charge in [0, 0.05) is 5.54 Å². The Morgan fingerprint density at radius 1 is 1.57 bits per heavy atom. The molecule has 1 aromatic heterocycles. The van der Waals surface area contributed by atoms with Gasteiger partial charge in [0.25, 0.3) is 0 Å². The van der Waals surface area contributed by atoms with Crippen molar-refractivity contribution < 1.29 is 4.74 Å². The van der Waals surface area contributed by atoms with Gasteiger partial charge < -0.3 is 10.1 Å². The average Bonchev–Trinajstić information content (AvgIpc) is 2.87. The van der Waals surface area contributed by atoms with E-state index in [1.807, 2.05) is 0 Å². The molecule has 76 valence electrons. The normalized spacial score (nSPS) is 17.6. The van der Waals surface area contributed by atoms with E-state index in [0.29, 0.717) is 11.8 Å². The maximum absolute atomic E-state index is 5.08. The lowest BCUT2D eigenvalue weighted by atomic mass is 10.3. The molecule has 1 heterocycles. The van der Waals surface area contributed by atoms with Crippen LogP contribution in [0.3, 0.4) is 0 Å². The summed E-state index contributed by atoms with van der Waals surface area (Å²) >= 11 is 3.31. The van der Waals surface area contributed by atoms with Crippen LogP contribution in [0.4, 0.5) is 5.95 Å². The highest BCUT2D eigenvalue weighted by molar-refractivity contribution is 9.10. The Morgan fingerprint density at radius 3 is 2.86 bits per heavy atom. The molecule has 1 saturated carbocycles. The summed E-state index contributed by atoms with van der Waals surface area (Å²) in [6, 6.07) is 0. The topological polar surface area (TPSA) is 47.0 Å². The molecular weight excluding hydrogens is 246 g/mol. The first-order valence-electron chi connectivity index (χ1n) is 4.48. The summed E-state index contributed by atoms with van der Waals surface area (Å²) in [4.78, 5) is 8.39. The molecule has 5 heteroatoms. The van der Waals surface area contributed by atoms with E-state index in [1.54, 1.807) is 13.3 Å². The molecule has 1 aliphatic rings. The van der Waals surface area contributed by atoms with Crippen LogP contribution in [0.25, 0.3) is 0 Å². The molecule has 1 N–H and O–H groups in total. The van der Waals surface area contributed by atoms with Crippen LogP contribution in [0.15, 0.2) is 10.7 Å². The molecule has 0 spiro atoms. The van der Waals surface area contributed by atoms with Gasteiger partial charge in [-0.3, -0.25) is 0 Å². The molecule has 0 atom stereocenters. The van der Waals surface area contributed by atoms with Crippen LogP contribution in [0.2, 0.25) is 0 Å². The van der Waals surface area contributed by atoms with Crippen molar-refractivity contribution in [1.29, 1.82) is 0 Å². The van der Waals surface area contributed by atoms with Crippen LogP contribution in [0.5, 0.6) is 5.88 Å². The summed E-state index contributed by atoms with van der Waals surface area (Å²) in [6.07, 6.45) is 4.05. The van der Waals surface area contributed by atoms with E-state index in [0.717, 1.165) is 4.47 Å². The third-order valence-electron chi connectivity index (χ3n) is 2.32. The number of ether oxygens (including phenoxy) is 1. The second-order valence-corrected chi connectivity index (χ2v) is 4.59. The Kier molecular flexibility index (Phi) is 2.34. The summed E-state index contributed by atoms with van der Waals surface area (Å²) in [5.74, 6) is 1.19. The van der Waals surface area contributed by atoms with Crippen LogP contribution in [0.1, 0.15) is 19.8 Å². The van der Waals surface area contributed by atoms with Gasteiger partial charge in [-0.1, -0.05) is 0 Å². The number of aromatic nitrogens is 2. The van der Waals surface area contributed by atoms with E-state index in [-0.39, 0.29) is 5.54 Å². The van der Waals surface area contributed by atoms with E-state index in [9.17, 15) is 0 Å². The lowest BCUT2D eigenvalue weighted by molar-refractivity contribution is 0.394. The molecule has 4 nitrogen and oxygen atoms in total. The second-order valence-electron chi connectivity index (χ2n) is 3.74. The van der Waals surface area contributed by atoms with Gasteiger partial charge in [-0.2, -0.15) is 4.98 Å². The number of hydrogen-bond acceptors (Lipinski definition) is 4. The van der Waals surface area contributed by atoms with Crippen molar-refractivity contribution in [2.75, 3.05) is 12.4 Å². The monoisotopic (exact) mass is 257 g/mol. The molecule has 0 aliphatic heterocycles. The van der Waals surface area contributed by atoms with Crippen molar-refractivity contribution in [3.8, 4) is 5.88 Å². The van der Waals surface area contributed by atoms with Crippen molar-refractivity contribution in [3.63, 3.8) is 0 Å². The molecule has 0 radical (unpaired) electrons. The van der Waals surface area contributed by atoms with E-state index in [1.165, 1.54) is 12.8 Å². The number of nitrogens with one attached hydrogen (secondary N) is 1. The maximum Gasteiger partial charge on any atom is 0.232 e. The zero-order chi connectivity index (χ0) is 10.2. The molecule has 1 aromatic rings. The van der Waals surface area contributed by atoms with Gasteiger partial charge in [-0.05, 0) is 35.7 Å². The maximum atomic E-state index is 5.08. The van der Waals surface area contributed by atoms with E-state index in [2.05, 4.69) is 38.1 Å². The Hall–Kier alpha value is -0.840. The smallest absolute Gasteiger partial charge is 0.232 e. The number of anilines is 1. The molecule has 0 unspecified atom stereocenters. The third kappa shape index (κ3) is 1.97. The Labute approximate surface area is 91.2 Å². The predicted molar refractivity (Wildman–Crippen MR) is 57.5 cm³/mol. The summed E-state index contributed by atoms with van der Waals surface area (Å²) in [5, 5.41) is 3.27. The minimum absolute atomic E-state index is 0.193. The minimum Gasteiger partial charge on any atom is -0.480 e. The van der Waals surface area contributed by atoms with E-state index < -0.39 is 0 Å². The van der Waals surface area contributed by atoms with Crippen molar-refractivity contribution in [1.82, 2.24) is 9.97 Å². The van der Waals surface area contributed by atoms with Gasteiger partial charge in [0.1, 0.15) is 0 Å². The van der Waals surface area contributed by atoms with Crippen LogP contribution >= 0.6 is 15.9 Å². The highest BCUT2D eigenvalue weighted by Crippen LogP contribution is 2.37. The fraction of sp³-hybridized carbons (Fsp3) is 0.556.